The molecule has 0 unspecified atom stereocenters. The zero-order valence-electron chi connectivity index (χ0n) is 22.4. The van der Waals surface area contributed by atoms with Crippen LogP contribution in [0, 0.1) is 37.5 Å². The molecule has 5 rings (SSSR count). The highest BCUT2D eigenvalue weighted by Crippen LogP contribution is 2.51. The minimum absolute atomic E-state index is 0.00220. The second-order valence-corrected chi connectivity index (χ2v) is 12.3. The largest absolute Gasteiger partial charge is 0.507 e. The highest BCUT2D eigenvalue weighted by atomic mass is 32.1. The van der Waals surface area contributed by atoms with Crippen molar-refractivity contribution in [3.05, 3.63) is 67.9 Å². The minimum Gasteiger partial charge on any atom is -0.507 e. The number of benzene rings is 1. The van der Waals surface area contributed by atoms with Gasteiger partial charge in [0.05, 0.1) is 31.1 Å². The number of thiophene rings is 1. The molecule has 1 aromatic heterocycles. The van der Waals surface area contributed by atoms with Crippen molar-refractivity contribution in [2.45, 2.75) is 66.5 Å². The molecule has 0 saturated carbocycles. The van der Waals surface area contributed by atoms with Crippen molar-refractivity contribution in [2.75, 3.05) is 6.61 Å². The molecule has 196 valence electrons. The van der Waals surface area contributed by atoms with Gasteiger partial charge in [-0.3, -0.25) is 14.5 Å². The maximum atomic E-state index is 13.6. The highest BCUT2D eigenvalue weighted by molar-refractivity contribution is 7.09. The SMILES string of the molecule is C/C(=C\c1cc(C)c(O)c(C)c1)CC[C@H]1OC[C@H]2C1=C(C(C)C)C[C@H]1C(=O)N(Cc3cccs3)C(=O)[C@H]12. The van der Waals surface area contributed by atoms with Gasteiger partial charge in [-0.25, -0.2) is 0 Å². The summed E-state index contributed by atoms with van der Waals surface area (Å²) in [6.07, 6.45) is 4.59. The van der Waals surface area contributed by atoms with Crippen LogP contribution >= 0.6 is 11.3 Å². The van der Waals surface area contributed by atoms with Crippen molar-refractivity contribution in [2.24, 2.45) is 23.7 Å². The average molecular weight is 520 g/mol. The van der Waals surface area contributed by atoms with Gasteiger partial charge < -0.3 is 9.84 Å². The summed E-state index contributed by atoms with van der Waals surface area (Å²) in [6, 6.07) is 7.98. The molecule has 37 heavy (non-hydrogen) atoms. The summed E-state index contributed by atoms with van der Waals surface area (Å²) in [5, 5.41) is 12.1. The number of imide groups is 1. The molecule has 6 heteroatoms. The lowest BCUT2D eigenvalue weighted by Crippen LogP contribution is -2.35. The summed E-state index contributed by atoms with van der Waals surface area (Å²) < 4.78 is 6.37. The van der Waals surface area contributed by atoms with Gasteiger partial charge in [0.1, 0.15) is 5.75 Å². The number of carbonyl (C=O) groups excluding carboxylic acids is 2. The second-order valence-electron chi connectivity index (χ2n) is 11.3. The summed E-state index contributed by atoms with van der Waals surface area (Å²) in [6.45, 7) is 11.3. The van der Waals surface area contributed by atoms with E-state index in [1.165, 1.54) is 21.6 Å². The van der Waals surface area contributed by atoms with E-state index in [0.717, 1.165) is 34.4 Å². The first kappa shape index (κ1) is 25.9. The number of aromatic hydroxyl groups is 1. The van der Waals surface area contributed by atoms with E-state index in [1.807, 2.05) is 43.5 Å². The predicted molar refractivity (Wildman–Crippen MR) is 147 cm³/mol. The van der Waals surface area contributed by atoms with Crippen LogP contribution in [0.1, 0.15) is 61.6 Å². The van der Waals surface area contributed by atoms with Gasteiger partial charge >= 0.3 is 0 Å². The third-order valence-electron chi connectivity index (χ3n) is 8.35. The number of likely N-dealkylation sites (tertiary alicyclic amines) is 1. The minimum atomic E-state index is -0.297. The molecule has 3 heterocycles. The Morgan fingerprint density at radius 1 is 1.19 bits per heavy atom. The van der Waals surface area contributed by atoms with E-state index in [2.05, 4.69) is 26.8 Å². The van der Waals surface area contributed by atoms with E-state index in [-0.39, 0.29) is 35.7 Å². The summed E-state index contributed by atoms with van der Waals surface area (Å²) >= 11 is 1.59. The summed E-state index contributed by atoms with van der Waals surface area (Å²) in [7, 11) is 0. The average Bonchev–Trinajstić information content (AvgIpc) is 3.57. The van der Waals surface area contributed by atoms with Gasteiger partial charge in [-0.1, -0.05) is 37.1 Å². The molecule has 3 aliphatic rings. The maximum Gasteiger partial charge on any atom is 0.234 e. The lowest BCUT2D eigenvalue weighted by molar-refractivity contribution is -0.140. The van der Waals surface area contributed by atoms with Gasteiger partial charge in [0, 0.05) is 10.8 Å². The van der Waals surface area contributed by atoms with Gasteiger partial charge in [-0.05, 0) is 91.8 Å². The van der Waals surface area contributed by atoms with E-state index in [4.69, 9.17) is 4.74 Å². The third kappa shape index (κ3) is 4.82. The molecule has 0 radical (unpaired) electrons. The lowest BCUT2D eigenvalue weighted by Gasteiger charge is -2.33. The number of nitrogens with zero attached hydrogens (tertiary/aromatic N) is 1. The number of amides is 2. The molecular formula is C31H37NO4S. The maximum absolute atomic E-state index is 13.6. The fourth-order valence-electron chi connectivity index (χ4n) is 6.53. The molecule has 4 atom stereocenters. The normalized spacial score (nSPS) is 25.9. The van der Waals surface area contributed by atoms with Gasteiger partial charge in [0.2, 0.25) is 11.8 Å². The van der Waals surface area contributed by atoms with Crippen LogP contribution in [0.25, 0.3) is 6.08 Å². The highest BCUT2D eigenvalue weighted by Gasteiger charge is 2.57. The van der Waals surface area contributed by atoms with Crippen LogP contribution in [0.3, 0.4) is 0 Å². The molecule has 1 aliphatic carbocycles. The Labute approximate surface area is 223 Å². The number of ether oxygens (including phenoxy) is 1. The van der Waals surface area contributed by atoms with Crippen LogP contribution in [0.5, 0.6) is 5.75 Å². The zero-order chi connectivity index (χ0) is 26.4. The zero-order valence-corrected chi connectivity index (χ0v) is 23.2. The van der Waals surface area contributed by atoms with E-state index in [0.29, 0.717) is 31.2 Å². The van der Waals surface area contributed by atoms with Gasteiger partial charge in [0.15, 0.2) is 0 Å². The quantitative estimate of drug-likeness (QED) is 0.338. The molecule has 2 aliphatic heterocycles. The van der Waals surface area contributed by atoms with E-state index in [1.54, 1.807) is 11.3 Å². The van der Waals surface area contributed by atoms with Crippen molar-refractivity contribution in [3.8, 4) is 5.75 Å². The molecule has 2 fully saturated rings. The van der Waals surface area contributed by atoms with Gasteiger partial charge in [0.25, 0.3) is 0 Å². The van der Waals surface area contributed by atoms with E-state index < -0.39 is 0 Å². The number of rotatable bonds is 7. The number of carbonyl (C=O) groups is 2. The summed E-state index contributed by atoms with van der Waals surface area (Å²) in [5.41, 5.74) is 6.73. The molecule has 1 aromatic carbocycles. The Bertz CT molecular complexity index is 1250. The first-order valence-corrected chi connectivity index (χ1v) is 14.2. The van der Waals surface area contributed by atoms with Crippen LogP contribution in [0.15, 0.2) is 46.4 Å². The Kier molecular flexibility index (Phi) is 7.16. The lowest BCUT2D eigenvalue weighted by atomic mass is 9.67. The molecule has 0 bridgehead atoms. The van der Waals surface area contributed by atoms with Crippen molar-refractivity contribution >= 4 is 29.2 Å². The Morgan fingerprint density at radius 3 is 2.57 bits per heavy atom. The van der Waals surface area contributed by atoms with Crippen LogP contribution in [0.2, 0.25) is 0 Å². The smallest absolute Gasteiger partial charge is 0.234 e. The fraction of sp³-hybridized carbons (Fsp3) is 0.484. The van der Waals surface area contributed by atoms with Crippen LogP contribution in [-0.2, 0) is 20.9 Å². The number of phenols is 1. The Morgan fingerprint density at radius 2 is 1.92 bits per heavy atom. The number of fused-ring (bicyclic) bond motifs is 3. The Balaban J connectivity index is 1.35. The number of allylic oxidation sites excluding steroid dienone is 2. The van der Waals surface area contributed by atoms with Crippen LogP contribution < -0.4 is 0 Å². The van der Waals surface area contributed by atoms with Crippen LogP contribution in [0.4, 0.5) is 0 Å². The number of phenolic OH excluding ortho intramolecular Hbond substituents is 1. The molecule has 2 aromatic rings. The molecule has 5 nitrogen and oxygen atoms in total. The number of hydrogen-bond donors (Lipinski definition) is 1. The molecular weight excluding hydrogens is 482 g/mol. The first-order valence-electron chi connectivity index (χ1n) is 13.3. The second kappa shape index (κ2) is 10.2. The van der Waals surface area contributed by atoms with E-state index >= 15 is 0 Å². The number of aryl methyl sites for hydroxylation is 2. The standard InChI is InChI=1S/C31H37NO4S/c1-17(2)23-14-24-28(31(35)32(30(24)34)15-22-7-6-10-37-22)25-16-36-26(27(23)25)9-8-18(3)11-21-12-19(4)29(33)20(5)13-21/h6-7,10-13,17,24-26,28,33H,8-9,14-16H2,1-5H3/b18-11+/t24-,25+,26-,28-/m1/s1. The van der Waals surface area contributed by atoms with Gasteiger partial charge in [-0.2, -0.15) is 0 Å². The fourth-order valence-corrected chi connectivity index (χ4v) is 7.22. The molecule has 1 N–H and O–H groups in total. The van der Waals surface area contributed by atoms with Crippen molar-refractivity contribution in [1.82, 2.24) is 4.90 Å². The van der Waals surface area contributed by atoms with E-state index in [9.17, 15) is 14.7 Å². The monoisotopic (exact) mass is 519 g/mol. The number of hydrogen-bond acceptors (Lipinski definition) is 5. The van der Waals surface area contributed by atoms with Crippen LogP contribution in [-0.4, -0.2) is 34.5 Å². The molecule has 2 amide bonds. The van der Waals surface area contributed by atoms with Gasteiger partial charge in [-0.15, -0.1) is 11.3 Å². The first-order chi connectivity index (χ1) is 17.7. The Hall–Kier alpha value is -2.70. The van der Waals surface area contributed by atoms with Crippen molar-refractivity contribution < 1.29 is 19.4 Å². The summed E-state index contributed by atoms with van der Waals surface area (Å²) in [5.74, 6) is 0.0829. The predicted octanol–water partition coefficient (Wildman–Crippen LogP) is 6.43. The van der Waals surface area contributed by atoms with Crippen molar-refractivity contribution in [1.29, 1.82) is 0 Å². The molecule has 2 saturated heterocycles. The molecule has 0 spiro atoms. The third-order valence-corrected chi connectivity index (χ3v) is 9.21. The summed E-state index contributed by atoms with van der Waals surface area (Å²) in [4.78, 5) is 29.5. The van der Waals surface area contributed by atoms with Crippen molar-refractivity contribution in [3.63, 3.8) is 0 Å². The topological polar surface area (TPSA) is 66.8 Å².